The molecule has 10 aromatic rings. The van der Waals surface area contributed by atoms with E-state index in [0.717, 1.165) is 61.8 Å². The van der Waals surface area contributed by atoms with Crippen molar-refractivity contribution in [2.24, 2.45) is 0 Å². The van der Waals surface area contributed by atoms with Crippen molar-refractivity contribution in [1.29, 1.82) is 0 Å². The molecule has 0 amide bonds. The van der Waals surface area contributed by atoms with E-state index in [2.05, 4.69) is 244 Å². The van der Waals surface area contributed by atoms with Gasteiger partial charge in [0, 0.05) is 22.5 Å². The predicted molar refractivity (Wildman–Crippen MR) is 253 cm³/mol. The minimum Gasteiger partial charge on any atom is -0.458 e. The zero-order valence-electron chi connectivity index (χ0n) is 35.6. The number of imidazole rings is 1. The summed E-state index contributed by atoms with van der Waals surface area (Å²) in [5.74, 6) is 1.52. The Labute approximate surface area is 358 Å². The van der Waals surface area contributed by atoms with Gasteiger partial charge in [-0.05, 0) is 105 Å². The van der Waals surface area contributed by atoms with Gasteiger partial charge in [-0.15, -0.1) is 0 Å². The first-order valence-corrected chi connectivity index (χ1v) is 21.2. The van der Waals surface area contributed by atoms with Crippen LogP contribution in [0.1, 0.15) is 52.7 Å². The fourth-order valence-corrected chi connectivity index (χ4v) is 8.56. The van der Waals surface area contributed by atoms with Crippen LogP contribution >= 0.6 is 0 Å². The van der Waals surface area contributed by atoms with Crippen molar-refractivity contribution in [1.82, 2.24) is 9.13 Å². The van der Waals surface area contributed by atoms with Crippen molar-refractivity contribution in [2.75, 3.05) is 0 Å². The predicted octanol–water partition coefficient (Wildman–Crippen LogP) is 14.5. The molecule has 0 saturated heterocycles. The summed E-state index contributed by atoms with van der Waals surface area (Å²) in [4.78, 5) is 0. The molecule has 0 radical (unpaired) electrons. The average molecular weight is 792 g/mol. The first-order valence-electron chi connectivity index (χ1n) is 21.2. The van der Waals surface area contributed by atoms with Gasteiger partial charge in [0.15, 0.2) is 0 Å². The van der Waals surface area contributed by atoms with Crippen LogP contribution in [0.2, 0.25) is 0 Å². The summed E-state index contributed by atoms with van der Waals surface area (Å²) >= 11 is 0. The van der Waals surface area contributed by atoms with Crippen molar-refractivity contribution >= 4 is 32.8 Å². The molecule has 2 heterocycles. The largest absolute Gasteiger partial charge is 0.458 e. The second-order valence-electron chi connectivity index (χ2n) is 18.1. The Hall–Kier alpha value is -7.17. The maximum atomic E-state index is 6.79. The summed E-state index contributed by atoms with van der Waals surface area (Å²) in [7, 11) is 0. The SMILES string of the molecule is CC(C)(C)c1cccc(-n2c3ccc(C(C)(C)C)cc3c3ccc(Oc4cccc(-n5[c-][n+](-c6cc(-c7ccccc7)ccc6-c6ccccc6)c6ccccc65)c4)cc32)c1. The number of nitrogens with zero attached hydrogens (tertiary/aromatic N) is 3. The molecule has 0 saturated carbocycles. The highest BCUT2D eigenvalue weighted by Crippen LogP contribution is 2.39. The molecule has 8 aromatic carbocycles. The normalized spacial score (nSPS) is 12.1. The number of fused-ring (bicyclic) bond motifs is 4. The van der Waals surface area contributed by atoms with Crippen LogP contribution in [0.4, 0.5) is 0 Å². The molecule has 298 valence electrons. The Morgan fingerprint density at radius 1 is 0.443 bits per heavy atom. The Kier molecular flexibility index (Phi) is 9.25. The lowest BCUT2D eigenvalue weighted by Crippen LogP contribution is -2.30. The molecule has 0 aliphatic carbocycles. The number of benzene rings is 8. The third kappa shape index (κ3) is 7.08. The molecule has 0 aliphatic rings. The standard InChI is InChI=1S/C57H49N3O/c1-56(2,3)42-21-15-23-45(34-42)60-51-32-28-43(57(4,5)6)35-50(51)49-31-29-47(37-55(49)60)61-46-24-16-22-44(36-46)58-38-59(53-26-14-13-25-52(53)58)54-33-41(39-17-9-7-10-18-39)27-30-48(54)40-19-11-8-12-20-40/h7-37H,1-6H3. The lowest BCUT2D eigenvalue weighted by Gasteiger charge is -2.21. The van der Waals surface area contributed by atoms with Gasteiger partial charge in [0.25, 0.3) is 6.33 Å². The maximum Gasteiger partial charge on any atom is 0.269 e. The molecular weight excluding hydrogens is 743 g/mol. The van der Waals surface area contributed by atoms with Crippen molar-refractivity contribution < 1.29 is 9.30 Å². The third-order valence-electron chi connectivity index (χ3n) is 11.9. The molecule has 0 N–H and O–H groups in total. The summed E-state index contributed by atoms with van der Waals surface area (Å²) in [5, 5.41) is 2.44. The van der Waals surface area contributed by atoms with Crippen molar-refractivity contribution in [3.05, 3.63) is 206 Å². The van der Waals surface area contributed by atoms with Gasteiger partial charge >= 0.3 is 0 Å². The Morgan fingerprint density at radius 3 is 1.89 bits per heavy atom. The van der Waals surface area contributed by atoms with Crippen LogP contribution in [-0.2, 0) is 10.8 Å². The molecule has 61 heavy (non-hydrogen) atoms. The highest BCUT2D eigenvalue weighted by Gasteiger charge is 2.21. The van der Waals surface area contributed by atoms with Gasteiger partial charge in [-0.3, -0.25) is 9.13 Å². The van der Waals surface area contributed by atoms with E-state index in [0.29, 0.717) is 0 Å². The molecule has 0 bridgehead atoms. The van der Waals surface area contributed by atoms with Gasteiger partial charge in [-0.25, -0.2) is 0 Å². The Balaban J connectivity index is 1.08. The summed E-state index contributed by atoms with van der Waals surface area (Å²) in [6, 6.07) is 67.1. The quantitative estimate of drug-likeness (QED) is 0.116. The second kappa shape index (κ2) is 14.8. The average Bonchev–Trinajstić information content (AvgIpc) is 3.82. The Bertz CT molecular complexity index is 3230. The van der Waals surface area contributed by atoms with Gasteiger partial charge in [0.05, 0.1) is 33.4 Å². The highest BCUT2D eigenvalue weighted by molar-refractivity contribution is 6.10. The summed E-state index contributed by atoms with van der Waals surface area (Å²) in [5.41, 5.74) is 14.8. The van der Waals surface area contributed by atoms with Crippen LogP contribution < -0.4 is 9.30 Å². The molecule has 0 atom stereocenters. The van der Waals surface area contributed by atoms with Crippen LogP contribution in [0.15, 0.2) is 188 Å². The lowest BCUT2D eigenvalue weighted by molar-refractivity contribution is -0.571. The first-order chi connectivity index (χ1) is 29.5. The highest BCUT2D eigenvalue weighted by atomic mass is 16.5. The monoisotopic (exact) mass is 791 g/mol. The molecule has 2 aromatic heterocycles. The van der Waals surface area contributed by atoms with E-state index >= 15 is 0 Å². The first kappa shape index (κ1) is 38.1. The van der Waals surface area contributed by atoms with E-state index < -0.39 is 0 Å². The second-order valence-corrected chi connectivity index (χ2v) is 18.1. The van der Waals surface area contributed by atoms with Crippen LogP contribution in [-0.4, -0.2) is 9.13 Å². The fourth-order valence-electron chi connectivity index (χ4n) is 8.56. The molecule has 0 aliphatic heterocycles. The molecule has 4 nitrogen and oxygen atoms in total. The van der Waals surface area contributed by atoms with Crippen molar-refractivity contribution in [3.8, 4) is 50.8 Å². The minimum atomic E-state index is 0.0194. The van der Waals surface area contributed by atoms with Crippen LogP contribution in [0.5, 0.6) is 11.5 Å². The summed E-state index contributed by atoms with van der Waals surface area (Å²) in [6.45, 7) is 13.6. The minimum absolute atomic E-state index is 0.0194. The number of aromatic nitrogens is 3. The van der Waals surface area contributed by atoms with Crippen molar-refractivity contribution in [2.45, 2.75) is 52.4 Å². The van der Waals surface area contributed by atoms with Gasteiger partial charge in [0.2, 0.25) is 0 Å². The molecule has 0 unspecified atom stereocenters. The van der Waals surface area contributed by atoms with Crippen LogP contribution in [0.3, 0.4) is 0 Å². The molecule has 0 fully saturated rings. The van der Waals surface area contributed by atoms with Gasteiger partial charge in [0.1, 0.15) is 11.5 Å². The zero-order valence-corrected chi connectivity index (χ0v) is 35.6. The summed E-state index contributed by atoms with van der Waals surface area (Å²) < 4.78 is 13.5. The van der Waals surface area contributed by atoms with Gasteiger partial charge < -0.3 is 9.30 Å². The topological polar surface area (TPSA) is 23.0 Å². The Morgan fingerprint density at radius 2 is 1.11 bits per heavy atom. The van der Waals surface area contributed by atoms with Crippen LogP contribution in [0, 0.1) is 6.33 Å². The van der Waals surface area contributed by atoms with E-state index in [4.69, 9.17) is 4.74 Å². The van der Waals surface area contributed by atoms with E-state index in [1.54, 1.807) is 0 Å². The number of hydrogen-bond acceptors (Lipinski definition) is 1. The van der Waals surface area contributed by atoms with Crippen molar-refractivity contribution in [3.63, 3.8) is 0 Å². The van der Waals surface area contributed by atoms with Gasteiger partial charge in [-0.1, -0.05) is 163 Å². The lowest BCUT2D eigenvalue weighted by atomic mass is 9.86. The number of ether oxygens (including phenoxy) is 1. The van der Waals surface area contributed by atoms with E-state index in [1.165, 1.54) is 33.0 Å². The molecule has 0 spiro atoms. The van der Waals surface area contributed by atoms with E-state index in [1.807, 2.05) is 6.07 Å². The number of para-hydroxylation sites is 2. The third-order valence-corrected chi connectivity index (χ3v) is 11.9. The maximum absolute atomic E-state index is 6.79. The molecular formula is C57H49N3O. The fraction of sp³-hybridized carbons (Fsp3) is 0.140. The van der Waals surface area contributed by atoms with E-state index in [-0.39, 0.29) is 10.8 Å². The number of rotatable bonds is 7. The molecule has 10 rings (SSSR count). The zero-order chi connectivity index (χ0) is 41.9. The van der Waals surface area contributed by atoms with Crippen LogP contribution in [0.25, 0.3) is 72.2 Å². The molecule has 4 heteroatoms. The van der Waals surface area contributed by atoms with E-state index in [9.17, 15) is 0 Å². The number of hydrogen-bond donors (Lipinski definition) is 0. The van der Waals surface area contributed by atoms with Gasteiger partial charge in [-0.2, -0.15) is 0 Å². The summed E-state index contributed by atoms with van der Waals surface area (Å²) in [6.07, 6.45) is 3.77. The smallest absolute Gasteiger partial charge is 0.269 e.